The van der Waals surface area contributed by atoms with Crippen molar-refractivity contribution in [1.82, 2.24) is 20.2 Å². The van der Waals surface area contributed by atoms with Crippen molar-refractivity contribution < 1.29 is 4.79 Å². The highest BCUT2D eigenvalue weighted by molar-refractivity contribution is 5.83. The average Bonchev–Trinajstić information content (AvgIpc) is 2.74. The minimum Gasteiger partial charge on any atom is -0.356 e. The maximum absolute atomic E-state index is 12.5. The van der Waals surface area contributed by atoms with Crippen LogP contribution in [0.2, 0.25) is 0 Å². The highest BCUT2D eigenvalue weighted by atomic mass is 16.1. The molecule has 1 N–H and O–H groups in total. The Kier molecular flexibility index (Phi) is 7.16. The van der Waals surface area contributed by atoms with Gasteiger partial charge in [0.1, 0.15) is 0 Å². The third-order valence-electron chi connectivity index (χ3n) is 5.08. The second kappa shape index (κ2) is 10.0. The molecule has 144 valence electrons. The van der Waals surface area contributed by atoms with Crippen molar-refractivity contribution in [3.8, 4) is 0 Å². The van der Waals surface area contributed by atoms with E-state index in [0.29, 0.717) is 0 Å². The number of rotatable bonds is 8. The molecule has 1 fully saturated rings. The molecule has 2 heterocycles. The van der Waals surface area contributed by atoms with Crippen molar-refractivity contribution in [2.75, 3.05) is 44.2 Å². The van der Waals surface area contributed by atoms with Crippen LogP contribution in [0.1, 0.15) is 31.2 Å². The molecule has 1 saturated heterocycles. The Morgan fingerprint density at radius 3 is 2.44 bits per heavy atom. The number of benzene rings is 1. The van der Waals surface area contributed by atoms with E-state index in [1.54, 1.807) is 12.4 Å². The molecule has 1 aromatic carbocycles. The molecule has 2 aromatic rings. The lowest BCUT2D eigenvalue weighted by molar-refractivity contribution is -0.122. The van der Waals surface area contributed by atoms with Crippen molar-refractivity contribution >= 4 is 11.9 Å². The molecule has 1 aliphatic heterocycles. The molecule has 0 bridgehead atoms. The van der Waals surface area contributed by atoms with Gasteiger partial charge in [-0.15, -0.1) is 0 Å². The number of carbonyl (C=O) groups is 1. The quantitative estimate of drug-likeness (QED) is 0.726. The Morgan fingerprint density at radius 1 is 1.07 bits per heavy atom. The summed E-state index contributed by atoms with van der Waals surface area (Å²) in [6, 6.07) is 11.9. The molecule has 1 aromatic heterocycles. The van der Waals surface area contributed by atoms with Crippen LogP contribution >= 0.6 is 0 Å². The van der Waals surface area contributed by atoms with Gasteiger partial charge in [0.15, 0.2) is 0 Å². The van der Waals surface area contributed by atoms with Gasteiger partial charge in [0.25, 0.3) is 0 Å². The molecule has 1 amide bonds. The van der Waals surface area contributed by atoms with E-state index in [-0.39, 0.29) is 11.8 Å². The van der Waals surface area contributed by atoms with Gasteiger partial charge < -0.3 is 10.2 Å². The monoisotopic (exact) mass is 367 g/mol. The summed E-state index contributed by atoms with van der Waals surface area (Å²) < 4.78 is 0. The number of amides is 1. The highest BCUT2D eigenvalue weighted by Crippen LogP contribution is 2.19. The van der Waals surface area contributed by atoms with Crippen molar-refractivity contribution in [2.45, 2.75) is 25.7 Å². The summed E-state index contributed by atoms with van der Waals surface area (Å²) in [7, 11) is 0. The molecule has 6 nitrogen and oxygen atoms in total. The molecule has 1 aliphatic rings. The first-order valence-corrected chi connectivity index (χ1v) is 9.85. The van der Waals surface area contributed by atoms with Gasteiger partial charge >= 0.3 is 0 Å². The van der Waals surface area contributed by atoms with Crippen LogP contribution in [0.25, 0.3) is 0 Å². The summed E-state index contributed by atoms with van der Waals surface area (Å²) >= 11 is 0. The number of aromatic nitrogens is 2. The van der Waals surface area contributed by atoms with E-state index in [0.717, 1.165) is 63.6 Å². The number of carbonyl (C=O) groups excluding carboxylic acids is 1. The third-order valence-corrected chi connectivity index (χ3v) is 5.08. The number of hydrogen-bond donors (Lipinski definition) is 1. The molecule has 0 aliphatic carbocycles. The maximum atomic E-state index is 12.5. The topological polar surface area (TPSA) is 61.4 Å². The fraction of sp³-hybridized carbons (Fsp3) is 0.476. The maximum Gasteiger partial charge on any atom is 0.227 e. The minimum atomic E-state index is -0.0550. The van der Waals surface area contributed by atoms with E-state index in [2.05, 4.69) is 32.0 Å². The van der Waals surface area contributed by atoms with Crippen molar-refractivity contribution in [1.29, 1.82) is 0 Å². The number of hydrogen-bond acceptors (Lipinski definition) is 5. The molecule has 1 unspecified atom stereocenters. The standard InChI is InChI=1S/C21H29N5O/c1-2-19(18-8-4-3-5-9-18)20(27)22-12-7-13-25-14-16-26(17-15-25)21-23-10-6-11-24-21/h3-6,8-11,19H,2,7,12-17H2,1H3,(H,22,27). The Labute approximate surface area is 161 Å². The molecule has 0 saturated carbocycles. The average molecular weight is 367 g/mol. The zero-order valence-electron chi connectivity index (χ0n) is 16.1. The van der Waals surface area contributed by atoms with Gasteiger partial charge in [0.2, 0.25) is 11.9 Å². The molecule has 1 atom stereocenters. The van der Waals surface area contributed by atoms with E-state index < -0.39 is 0 Å². The Hall–Kier alpha value is -2.47. The zero-order valence-corrected chi connectivity index (χ0v) is 16.1. The van der Waals surface area contributed by atoms with Gasteiger partial charge in [-0.05, 0) is 31.0 Å². The minimum absolute atomic E-state index is 0.0550. The van der Waals surface area contributed by atoms with Gasteiger partial charge in [-0.25, -0.2) is 9.97 Å². The highest BCUT2D eigenvalue weighted by Gasteiger charge is 2.19. The van der Waals surface area contributed by atoms with Crippen LogP contribution < -0.4 is 10.2 Å². The van der Waals surface area contributed by atoms with E-state index in [4.69, 9.17) is 0 Å². The Bertz CT molecular complexity index is 686. The van der Waals surface area contributed by atoms with Crippen LogP contribution in [0, 0.1) is 0 Å². The first-order chi connectivity index (χ1) is 13.3. The Morgan fingerprint density at radius 2 is 1.78 bits per heavy atom. The van der Waals surface area contributed by atoms with E-state index in [1.807, 2.05) is 36.4 Å². The fourth-order valence-corrected chi connectivity index (χ4v) is 3.52. The lowest BCUT2D eigenvalue weighted by Crippen LogP contribution is -2.47. The number of nitrogens with one attached hydrogen (secondary N) is 1. The smallest absolute Gasteiger partial charge is 0.227 e. The summed E-state index contributed by atoms with van der Waals surface area (Å²) in [4.78, 5) is 25.8. The second-order valence-electron chi connectivity index (χ2n) is 6.89. The SMILES string of the molecule is CCC(C(=O)NCCCN1CCN(c2ncccn2)CC1)c1ccccc1. The van der Waals surface area contributed by atoms with Crippen LogP contribution in [0.15, 0.2) is 48.8 Å². The predicted molar refractivity (Wildman–Crippen MR) is 108 cm³/mol. The molecule has 3 rings (SSSR count). The van der Waals surface area contributed by atoms with Gasteiger partial charge in [-0.1, -0.05) is 37.3 Å². The lowest BCUT2D eigenvalue weighted by atomic mass is 9.96. The van der Waals surface area contributed by atoms with Gasteiger partial charge in [0.05, 0.1) is 5.92 Å². The molecule has 0 radical (unpaired) electrons. The molecule has 6 heteroatoms. The summed E-state index contributed by atoms with van der Waals surface area (Å²) in [5, 5.41) is 3.11. The molecular formula is C21H29N5O. The van der Waals surface area contributed by atoms with Crippen molar-refractivity contribution in [3.05, 3.63) is 54.4 Å². The summed E-state index contributed by atoms with van der Waals surface area (Å²) in [6.45, 7) is 7.70. The third kappa shape index (κ3) is 5.50. The van der Waals surface area contributed by atoms with Gasteiger partial charge in [0, 0.05) is 45.1 Å². The summed E-state index contributed by atoms with van der Waals surface area (Å²) in [5.74, 6) is 0.895. The van der Waals surface area contributed by atoms with E-state index in [9.17, 15) is 4.79 Å². The number of anilines is 1. The van der Waals surface area contributed by atoms with Crippen molar-refractivity contribution in [3.63, 3.8) is 0 Å². The largest absolute Gasteiger partial charge is 0.356 e. The van der Waals surface area contributed by atoms with Crippen LogP contribution in [0.4, 0.5) is 5.95 Å². The first kappa shape index (κ1) is 19.3. The zero-order chi connectivity index (χ0) is 18.9. The molecule has 0 spiro atoms. The normalized spacial score (nSPS) is 16.1. The van der Waals surface area contributed by atoms with Crippen LogP contribution in [-0.4, -0.2) is 60.0 Å². The second-order valence-corrected chi connectivity index (χ2v) is 6.89. The predicted octanol–water partition coefficient (Wildman–Crippen LogP) is 2.30. The van der Waals surface area contributed by atoms with Gasteiger partial charge in [-0.3, -0.25) is 9.69 Å². The van der Waals surface area contributed by atoms with Crippen LogP contribution in [-0.2, 0) is 4.79 Å². The van der Waals surface area contributed by atoms with Crippen LogP contribution in [0.3, 0.4) is 0 Å². The van der Waals surface area contributed by atoms with E-state index in [1.165, 1.54) is 0 Å². The lowest BCUT2D eigenvalue weighted by Gasteiger charge is -2.34. The van der Waals surface area contributed by atoms with Crippen LogP contribution in [0.5, 0.6) is 0 Å². The Balaban J connectivity index is 1.35. The fourth-order valence-electron chi connectivity index (χ4n) is 3.52. The number of nitrogens with zero attached hydrogens (tertiary/aromatic N) is 4. The molecule has 27 heavy (non-hydrogen) atoms. The summed E-state index contributed by atoms with van der Waals surface area (Å²) in [6.07, 6.45) is 5.37. The van der Waals surface area contributed by atoms with Gasteiger partial charge in [-0.2, -0.15) is 0 Å². The molecular weight excluding hydrogens is 338 g/mol. The first-order valence-electron chi connectivity index (χ1n) is 9.85. The number of piperazine rings is 1. The van der Waals surface area contributed by atoms with Crippen molar-refractivity contribution in [2.24, 2.45) is 0 Å². The van der Waals surface area contributed by atoms with E-state index >= 15 is 0 Å². The summed E-state index contributed by atoms with van der Waals surface area (Å²) in [5.41, 5.74) is 1.09.